The molecular weight excluding hydrogens is 484 g/mol. The lowest BCUT2D eigenvalue weighted by atomic mass is 9.89. The molecule has 0 N–H and O–H groups in total. The molecule has 1 heterocycles. The first kappa shape index (κ1) is 21.8. The van der Waals surface area contributed by atoms with Crippen molar-refractivity contribution in [3.63, 3.8) is 0 Å². The van der Waals surface area contributed by atoms with Gasteiger partial charge < -0.3 is 4.42 Å². The zero-order valence-electron chi connectivity index (χ0n) is 22.0. The van der Waals surface area contributed by atoms with Crippen molar-refractivity contribution >= 4 is 65.0 Å². The fraction of sp³-hybridized carbons (Fsp3) is 0.0256. The molecule has 0 radical (unpaired) electrons. The average Bonchev–Trinajstić information content (AvgIpc) is 3.39. The normalized spacial score (nSPS) is 12.1. The molecule has 9 rings (SSSR count). The molecule has 1 aromatic heterocycles. The molecule has 0 fully saturated rings. The van der Waals surface area contributed by atoms with Gasteiger partial charge in [0.05, 0.1) is 0 Å². The fourth-order valence-electron chi connectivity index (χ4n) is 6.80. The summed E-state index contributed by atoms with van der Waals surface area (Å²) in [5.41, 5.74) is 7.85. The predicted octanol–water partition coefficient (Wildman–Crippen LogP) is 11.3. The predicted molar refractivity (Wildman–Crippen MR) is 171 cm³/mol. The van der Waals surface area contributed by atoms with Crippen molar-refractivity contribution in [3.8, 4) is 22.3 Å². The zero-order chi connectivity index (χ0) is 26.4. The molecule has 0 unspecified atom stereocenters. The molecule has 0 aliphatic rings. The van der Waals surface area contributed by atoms with Crippen molar-refractivity contribution in [2.75, 3.05) is 0 Å². The average molecular weight is 509 g/mol. The largest absolute Gasteiger partial charge is 0.455 e. The van der Waals surface area contributed by atoms with Crippen LogP contribution in [0, 0.1) is 6.92 Å². The summed E-state index contributed by atoms with van der Waals surface area (Å²) in [5.74, 6) is 0. The number of benzene rings is 8. The molecule has 0 bridgehead atoms. The minimum absolute atomic E-state index is 0.948. The van der Waals surface area contributed by atoms with Gasteiger partial charge in [-0.05, 0) is 90.5 Å². The van der Waals surface area contributed by atoms with Crippen molar-refractivity contribution in [1.29, 1.82) is 0 Å². The van der Waals surface area contributed by atoms with Crippen LogP contribution >= 0.6 is 0 Å². The molecule has 0 spiro atoms. The van der Waals surface area contributed by atoms with E-state index < -0.39 is 0 Å². The monoisotopic (exact) mass is 508 g/mol. The number of furan rings is 1. The summed E-state index contributed by atoms with van der Waals surface area (Å²) in [7, 11) is 0. The highest BCUT2D eigenvalue weighted by Crippen LogP contribution is 2.43. The van der Waals surface area contributed by atoms with Crippen molar-refractivity contribution in [3.05, 3.63) is 133 Å². The van der Waals surface area contributed by atoms with Crippen LogP contribution in [-0.2, 0) is 0 Å². The lowest BCUT2D eigenvalue weighted by molar-refractivity contribution is 0.667. The Morgan fingerprint density at radius 3 is 1.98 bits per heavy atom. The summed E-state index contributed by atoms with van der Waals surface area (Å²) >= 11 is 0. The topological polar surface area (TPSA) is 13.1 Å². The number of aryl methyl sites for hydroxylation is 1. The zero-order valence-corrected chi connectivity index (χ0v) is 22.0. The van der Waals surface area contributed by atoms with Gasteiger partial charge in [-0.1, -0.05) is 109 Å². The minimum atomic E-state index is 0.948. The Kier molecular flexibility index (Phi) is 4.32. The van der Waals surface area contributed by atoms with E-state index in [2.05, 4.69) is 134 Å². The first-order valence-corrected chi connectivity index (χ1v) is 13.8. The molecule has 0 aliphatic carbocycles. The van der Waals surface area contributed by atoms with Gasteiger partial charge in [0.1, 0.15) is 11.2 Å². The van der Waals surface area contributed by atoms with Gasteiger partial charge in [-0.2, -0.15) is 0 Å². The fourth-order valence-corrected chi connectivity index (χ4v) is 6.80. The second kappa shape index (κ2) is 7.94. The number of rotatable bonds is 2. The number of hydrogen-bond donors (Lipinski definition) is 0. The molecule has 1 nitrogen and oxygen atoms in total. The van der Waals surface area contributed by atoms with Crippen LogP contribution in [0.5, 0.6) is 0 Å². The summed E-state index contributed by atoms with van der Waals surface area (Å²) in [6.45, 7) is 2.17. The molecule has 8 aromatic carbocycles. The van der Waals surface area contributed by atoms with Crippen LogP contribution in [-0.4, -0.2) is 0 Å². The molecule has 0 amide bonds. The second-order valence-electron chi connectivity index (χ2n) is 11.0. The van der Waals surface area contributed by atoms with Gasteiger partial charge in [0.2, 0.25) is 0 Å². The van der Waals surface area contributed by atoms with E-state index in [4.69, 9.17) is 4.42 Å². The third-order valence-electron chi connectivity index (χ3n) is 8.68. The Morgan fingerprint density at radius 2 is 1.10 bits per heavy atom. The highest BCUT2D eigenvalue weighted by atomic mass is 16.3. The van der Waals surface area contributed by atoms with Crippen LogP contribution in [0.1, 0.15) is 5.56 Å². The van der Waals surface area contributed by atoms with Crippen LogP contribution in [0.4, 0.5) is 0 Å². The molecule has 9 aromatic rings. The van der Waals surface area contributed by atoms with Gasteiger partial charge in [0, 0.05) is 16.3 Å². The van der Waals surface area contributed by atoms with Crippen LogP contribution in [0.3, 0.4) is 0 Å². The number of hydrogen-bond acceptors (Lipinski definition) is 1. The van der Waals surface area contributed by atoms with E-state index in [1.54, 1.807) is 0 Å². The third kappa shape index (κ3) is 2.98. The summed E-state index contributed by atoms with van der Waals surface area (Å²) in [6, 6.07) is 46.5. The Labute approximate surface area is 231 Å². The first-order chi connectivity index (χ1) is 19.7. The Bertz CT molecular complexity index is 2420. The van der Waals surface area contributed by atoms with Gasteiger partial charge in [-0.15, -0.1) is 0 Å². The quantitative estimate of drug-likeness (QED) is 0.212. The lowest BCUT2D eigenvalue weighted by Gasteiger charge is -2.14. The van der Waals surface area contributed by atoms with E-state index in [0.717, 1.165) is 27.7 Å². The van der Waals surface area contributed by atoms with E-state index in [-0.39, 0.29) is 0 Å². The van der Waals surface area contributed by atoms with Crippen molar-refractivity contribution in [2.45, 2.75) is 6.92 Å². The van der Waals surface area contributed by atoms with E-state index >= 15 is 0 Å². The van der Waals surface area contributed by atoms with Crippen molar-refractivity contribution in [1.82, 2.24) is 0 Å². The van der Waals surface area contributed by atoms with Gasteiger partial charge in [0.15, 0.2) is 0 Å². The van der Waals surface area contributed by atoms with Gasteiger partial charge in [0.25, 0.3) is 0 Å². The molecular formula is C39H24O. The van der Waals surface area contributed by atoms with E-state index in [1.165, 1.54) is 65.2 Å². The Hall–Kier alpha value is -5.14. The maximum absolute atomic E-state index is 6.65. The summed E-state index contributed by atoms with van der Waals surface area (Å²) in [4.78, 5) is 0. The van der Waals surface area contributed by atoms with Crippen molar-refractivity contribution < 1.29 is 4.42 Å². The van der Waals surface area contributed by atoms with Crippen LogP contribution in [0.25, 0.3) is 87.3 Å². The molecule has 0 saturated carbocycles. The maximum atomic E-state index is 6.65. The molecule has 0 aliphatic heterocycles. The first-order valence-electron chi connectivity index (χ1n) is 13.8. The molecule has 0 atom stereocenters. The van der Waals surface area contributed by atoms with E-state index in [0.29, 0.717) is 0 Å². The number of fused-ring (bicyclic) bond motifs is 4. The lowest BCUT2D eigenvalue weighted by Crippen LogP contribution is -1.88. The smallest absolute Gasteiger partial charge is 0.143 e. The Balaban J connectivity index is 1.30. The van der Waals surface area contributed by atoms with E-state index in [9.17, 15) is 0 Å². The van der Waals surface area contributed by atoms with Gasteiger partial charge >= 0.3 is 0 Å². The molecule has 0 saturated heterocycles. The van der Waals surface area contributed by atoms with Crippen LogP contribution < -0.4 is 0 Å². The molecule has 40 heavy (non-hydrogen) atoms. The highest BCUT2D eigenvalue weighted by molar-refractivity contribution is 6.25. The Morgan fingerprint density at radius 1 is 0.400 bits per heavy atom. The summed E-state index contributed by atoms with van der Waals surface area (Å²) in [6.07, 6.45) is 0. The van der Waals surface area contributed by atoms with E-state index in [1.807, 2.05) is 0 Å². The standard InChI is InChI=1S/C39H24O/c1-23-20-30(31-18-16-27-14-13-25-8-4-9-26-17-19-33(31)37(27)36(25)26)22-35-34-11-5-10-32(39(34)40-38(23)35)29-15-12-24-6-2-3-7-28(24)21-29/h2-22H,1H3. The highest BCUT2D eigenvalue weighted by Gasteiger charge is 2.17. The number of para-hydroxylation sites is 1. The van der Waals surface area contributed by atoms with Crippen LogP contribution in [0.2, 0.25) is 0 Å². The third-order valence-corrected chi connectivity index (χ3v) is 8.68. The minimum Gasteiger partial charge on any atom is -0.455 e. The maximum Gasteiger partial charge on any atom is 0.143 e. The van der Waals surface area contributed by atoms with Gasteiger partial charge in [-0.25, -0.2) is 0 Å². The second-order valence-corrected chi connectivity index (χ2v) is 11.0. The summed E-state index contributed by atoms with van der Waals surface area (Å²) < 4.78 is 6.65. The van der Waals surface area contributed by atoms with Gasteiger partial charge in [-0.3, -0.25) is 0 Å². The molecule has 186 valence electrons. The van der Waals surface area contributed by atoms with Crippen LogP contribution in [0.15, 0.2) is 132 Å². The SMILES string of the molecule is Cc1cc(-c2ccc3ccc4cccc5ccc2c3c45)cc2c1oc1c(-c3ccc4ccccc4c3)cccc12. The van der Waals surface area contributed by atoms with Crippen molar-refractivity contribution in [2.24, 2.45) is 0 Å². The summed E-state index contributed by atoms with van der Waals surface area (Å²) in [5, 5.41) is 12.7. The molecule has 1 heteroatoms.